The molecule has 0 aromatic heterocycles. The van der Waals surface area contributed by atoms with E-state index in [9.17, 15) is 9.18 Å². The summed E-state index contributed by atoms with van der Waals surface area (Å²) in [5, 5.41) is 0.640. The van der Waals surface area contributed by atoms with E-state index in [4.69, 9.17) is 16.3 Å². The number of hydrogen-bond donors (Lipinski definition) is 0. The Morgan fingerprint density at radius 1 is 0.941 bits per heavy atom. The van der Waals surface area contributed by atoms with Crippen molar-refractivity contribution < 1.29 is 13.9 Å². The van der Waals surface area contributed by atoms with Crippen molar-refractivity contribution in [2.75, 3.05) is 26.2 Å². The minimum atomic E-state index is -0.360. The summed E-state index contributed by atoms with van der Waals surface area (Å²) in [6, 6.07) is 21.5. The van der Waals surface area contributed by atoms with Crippen molar-refractivity contribution in [2.45, 2.75) is 25.8 Å². The third kappa shape index (κ3) is 5.11. The molecular weight excluding hydrogens is 451 g/mol. The number of halogens is 2. The lowest BCUT2D eigenvalue weighted by molar-refractivity contribution is 0.0714. The van der Waals surface area contributed by atoms with Crippen molar-refractivity contribution in [2.24, 2.45) is 5.41 Å². The van der Waals surface area contributed by atoms with Crippen LogP contribution in [0.15, 0.2) is 72.8 Å². The van der Waals surface area contributed by atoms with E-state index in [1.54, 1.807) is 30.3 Å². The molecule has 6 heteroatoms. The number of carbonyl (C=O) groups is 1. The van der Waals surface area contributed by atoms with Crippen molar-refractivity contribution in [3.8, 4) is 11.5 Å². The zero-order valence-electron chi connectivity index (χ0n) is 19.1. The summed E-state index contributed by atoms with van der Waals surface area (Å²) >= 11 is 5.96. The van der Waals surface area contributed by atoms with Gasteiger partial charge in [-0.15, -0.1) is 0 Å². The van der Waals surface area contributed by atoms with Crippen LogP contribution in [0.3, 0.4) is 0 Å². The molecule has 0 N–H and O–H groups in total. The van der Waals surface area contributed by atoms with Gasteiger partial charge < -0.3 is 9.64 Å². The smallest absolute Gasteiger partial charge is 0.253 e. The number of carbonyl (C=O) groups excluding carboxylic acids is 1. The van der Waals surface area contributed by atoms with Crippen molar-refractivity contribution >= 4 is 17.5 Å². The third-order valence-corrected chi connectivity index (χ3v) is 7.36. The van der Waals surface area contributed by atoms with Gasteiger partial charge in [0.1, 0.15) is 5.75 Å². The second kappa shape index (κ2) is 9.77. The lowest BCUT2D eigenvalue weighted by Crippen LogP contribution is -2.41. The van der Waals surface area contributed by atoms with Gasteiger partial charge in [0.25, 0.3) is 5.91 Å². The molecule has 4 nitrogen and oxygen atoms in total. The second-order valence-corrected chi connectivity index (χ2v) is 9.88. The summed E-state index contributed by atoms with van der Waals surface area (Å²) in [5.41, 5.74) is 1.93. The van der Waals surface area contributed by atoms with Gasteiger partial charge in [-0.25, -0.2) is 4.39 Å². The van der Waals surface area contributed by atoms with Crippen LogP contribution in [0.1, 0.15) is 35.2 Å². The van der Waals surface area contributed by atoms with Crippen LogP contribution in [0.25, 0.3) is 0 Å². The van der Waals surface area contributed by atoms with Gasteiger partial charge in [-0.05, 0) is 91.9 Å². The first-order valence-corrected chi connectivity index (χ1v) is 12.2. The van der Waals surface area contributed by atoms with E-state index in [2.05, 4.69) is 4.90 Å². The standard InChI is InChI=1S/C28H28ClFN2O2/c29-23-9-7-22(8-10-23)27(33)32-17-14-28(20-32)12-15-31(16-13-28)19-21-6-11-25(30)26(18-21)34-24-4-2-1-3-5-24/h1-11,18H,12-17,19-20H2. The van der Waals surface area contributed by atoms with E-state index in [0.717, 1.165) is 57.5 Å². The van der Waals surface area contributed by atoms with Crippen LogP contribution in [0.2, 0.25) is 5.02 Å². The predicted octanol–water partition coefficient (Wildman–Crippen LogP) is 6.40. The van der Waals surface area contributed by atoms with Crippen LogP contribution in [-0.4, -0.2) is 41.9 Å². The molecule has 34 heavy (non-hydrogen) atoms. The number of para-hydroxylation sites is 1. The Labute approximate surface area is 204 Å². The van der Waals surface area contributed by atoms with E-state index in [1.165, 1.54) is 6.07 Å². The maximum absolute atomic E-state index is 14.3. The number of likely N-dealkylation sites (tertiary alicyclic amines) is 2. The number of hydrogen-bond acceptors (Lipinski definition) is 3. The van der Waals surface area contributed by atoms with Gasteiger partial charge in [-0.1, -0.05) is 35.9 Å². The van der Waals surface area contributed by atoms with E-state index < -0.39 is 0 Å². The van der Waals surface area contributed by atoms with Gasteiger partial charge in [0, 0.05) is 30.2 Å². The summed E-state index contributed by atoms with van der Waals surface area (Å²) in [5.74, 6) is 0.608. The zero-order valence-corrected chi connectivity index (χ0v) is 19.8. The quantitative estimate of drug-likeness (QED) is 0.425. The van der Waals surface area contributed by atoms with Crippen LogP contribution in [0.4, 0.5) is 4.39 Å². The van der Waals surface area contributed by atoms with Gasteiger partial charge in [-0.3, -0.25) is 9.69 Å². The number of piperidine rings is 1. The van der Waals surface area contributed by atoms with Crippen molar-refractivity contribution in [3.63, 3.8) is 0 Å². The van der Waals surface area contributed by atoms with E-state index >= 15 is 0 Å². The van der Waals surface area contributed by atoms with Gasteiger partial charge in [-0.2, -0.15) is 0 Å². The highest BCUT2D eigenvalue weighted by molar-refractivity contribution is 6.30. The molecule has 176 valence electrons. The predicted molar refractivity (Wildman–Crippen MR) is 132 cm³/mol. The van der Waals surface area contributed by atoms with Crippen LogP contribution in [0, 0.1) is 11.2 Å². The topological polar surface area (TPSA) is 32.8 Å². The average Bonchev–Trinajstić information content (AvgIpc) is 3.27. The Morgan fingerprint density at radius 2 is 1.65 bits per heavy atom. The number of ether oxygens (including phenoxy) is 1. The van der Waals surface area contributed by atoms with Crippen molar-refractivity contribution in [3.05, 3.63) is 94.8 Å². The second-order valence-electron chi connectivity index (χ2n) is 9.44. The van der Waals surface area contributed by atoms with Crippen molar-refractivity contribution in [1.29, 1.82) is 0 Å². The maximum Gasteiger partial charge on any atom is 0.253 e. The molecule has 1 spiro atoms. The fraction of sp³-hybridized carbons (Fsp3) is 0.321. The number of rotatable bonds is 5. The Bertz CT molecular complexity index is 1140. The van der Waals surface area contributed by atoms with Gasteiger partial charge >= 0.3 is 0 Å². The molecule has 0 atom stereocenters. The first kappa shape index (κ1) is 22.9. The minimum absolute atomic E-state index is 0.0910. The van der Waals surface area contributed by atoms with Crippen LogP contribution in [-0.2, 0) is 6.54 Å². The fourth-order valence-electron chi connectivity index (χ4n) is 5.08. The summed E-state index contributed by atoms with van der Waals surface area (Å²) in [4.78, 5) is 17.3. The first-order chi connectivity index (χ1) is 16.5. The normalized spacial score (nSPS) is 17.8. The Hall–Kier alpha value is -2.89. The molecule has 0 aliphatic carbocycles. The molecule has 3 aromatic rings. The third-order valence-electron chi connectivity index (χ3n) is 7.11. The Balaban J connectivity index is 1.17. The molecule has 3 aromatic carbocycles. The SMILES string of the molecule is O=C(c1ccc(Cl)cc1)N1CCC2(CCN(Cc3ccc(F)c(Oc4ccccc4)c3)CC2)C1. The molecule has 0 bridgehead atoms. The Morgan fingerprint density at radius 3 is 2.38 bits per heavy atom. The minimum Gasteiger partial charge on any atom is -0.454 e. The monoisotopic (exact) mass is 478 g/mol. The largest absolute Gasteiger partial charge is 0.454 e. The molecular formula is C28H28ClFN2O2. The molecule has 5 rings (SSSR count). The molecule has 1 amide bonds. The summed E-state index contributed by atoms with van der Waals surface area (Å²) in [6.07, 6.45) is 3.17. The molecule has 0 saturated carbocycles. The molecule has 2 aliphatic rings. The lowest BCUT2D eigenvalue weighted by Gasteiger charge is -2.39. The van der Waals surface area contributed by atoms with Crippen LogP contribution >= 0.6 is 11.6 Å². The Kier molecular flexibility index (Phi) is 6.57. The zero-order chi connectivity index (χ0) is 23.5. The first-order valence-electron chi connectivity index (χ1n) is 11.8. The van der Waals surface area contributed by atoms with E-state index in [0.29, 0.717) is 16.3 Å². The molecule has 2 aliphatic heterocycles. The highest BCUT2D eigenvalue weighted by Crippen LogP contribution is 2.41. The molecule has 0 unspecified atom stereocenters. The highest BCUT2D eigenvalue weighted by atomic mass is 35.5. The van der Waals surface area contributed by atoms with Crippen LogP contribution in [0.5, 0.6) is 11.5 Å². The summed E-state index contributed by atoms with van der Waals surface area (Å²) in [6.45, 7) is 4.31. The summed E-state index contributed by atoms with van der Waals surface area (Å²) in [7, 11) is 0. The van der Waals surface area contributed by atoms with Gasteiger partial charge in [0.05, 0.1) is 0 Å². The van der Waals surface area contributed by atoms with E-state index in [1.807, 2.05) is 41.3 Å². The van der Waals surface area contributed by atoms with Crippen molar-refractivity contribution in [1.82, 2.24) is 9.80 Å². The van der Waals surface area contributed by atoms with Gasteiger partial charge in [0.2, 0.25) is 0 Å². The van der Waals surface area contributed by atoms with E-state index in [-0.39, 0.29) is 22.9 Å². The fourth-order valence-corrected chi connectivity index (χ4v) is 5.20. The highest BCUT2D eigenvalue weighted by Gasteiger charge is 2.42. The number of nitrogens with zero attached hydrogens (tertiary/aromatic N) is 2. The van der Waals surface area contributed by atoms with Crippen LogP contribution < -0.4 is 4.74 Å². The lowest BCUT2D eigenvalue weighted by atomic mass is 9.77. The maximum atomic E-state index is 14.3. The number of amides is 1. The molecule has 2 heterocycles. The number of benzene rings is 3. The summed E-state index contributed by atoms with van der Waals surface area (Å²) < 4.78 is 20.1. The molecule has 0 radical (unpaired) electrons. The van der Waals surface area contributed by atoms with Gasteiger partial charge in [0.15, 0.2) is 11.6 Å². The molecule has 2 saturated heterocycles. The average molecular weight is 479 g/mol. The molecule has 2 fully saturated rings.